The number of hydrogen-bond donors (Lipinski definition) is 0. The van der Waals surface area contributed by atoms with E-state index in [4.69, 9.17) is 0 Å². The van der Waals surface area contributed by atoms with Crippen molar-refractivity contribution in [3.8, 4) is 10.4 Å². The van der Waals surface area contributed by atoms with Gasteiger partial charge in [0.1, 0.15) is 13.1 Å². The molecule has 132 valence electrons. The van der Waals surface area contributed by atoms with E-state index in [1.54, 1.807) is 34.8 Å². The second-order valence-corrected chi connectivity index (χ2v) is 6.59. The summed E-state index contributed by atoms with van der Waals surface area (Å²) in [5.74, 6) is 0. The number of nitro benzene ring substituents is 1. The van der Waals surface area contributed by atoms with Crippen molar-refractivity contribution in [1.29, 1.82) is 0 Å². The maximum absolute atomic E-state index is 10.6. The number of nitrogens with zero attached hydrogens (tertiary/aromatic N) is 2. The Bertz CT molecular complexity index is 729. The Balaban J connectivity index is 0.000000505. The molecule has 2 rings (SSSR count). The number of non-ortho nitro benzene ring substituents is 1. The highest BCUT2D eigenvalue weighted by molar-refractivity contribution is 7.28. The maximum Gasteiger partial charge on any atom is 0.673 e. The molecule has 2 aromatic rings. The third-order valence-corrected chi connectivity index (χ3v) is 5.36. The van der Waals surface area contributed by atoms with Crippen molar-refractivity contribution in [3.63, 3.8) is 0 Å². The zero-order valence-electron chi connectivity index (χ0n) is 12.9. The summed E-state index contributed by atoms with van der Waals surface area (Å²) in [5.41, 5.74) is 1.17. The summed E-state index contributed by atoms with van der Waals surface area (Å²) in [5, 5.41) is 12.7. The Morgan fingerprint density at radius 3 is 2.00 bits per heavy atom. The zero-order chi connectivity index (χ0) is 18.3. The standard InChI is InChI=1S/C13H15N2O2S2.BF4/c1-3-14(4-2)13-18-9-12(19-13)10-5-7-11(8-6-10)15(16)17;2-1(3,4)5/h5-9H,3-4H2,1-2H3;/q+1;-1. The minimum absolute atomic E-state index is 0.132. The molecule has 0 N–H and O–H groups in total. The van der Waals surface area contributed by atoms with E-state index in [-0.39, 0.29) is 10.6 Å². The fraction of sp³-hybridized carbons (Fsp3) is 0.308. The molecule has 1 heterocycles. The molecular formula is C13H15BF4N2O2S2. The zero-order valence-corrected chi connectivity index (χ0v) is 14.6. The van der Waals surface area contributed by atoms with Crippen molar-refractivity contribution in [3.05, 3.63) is 43.7 Å². The van der Waals surface area contributed by atoms with Crippen LogP contribution in [0.2, 0.25) is 0 Å². The Labute approximate surface area is 144 Å². The van der Waals surface area contributed by atoms with Gasteiger partial charge in [0.25, 0.3) is 5.69 Å². The molecule has 1 aromatic heterocycles. The molecular weight excluding hydrogens is 367 g/mol. The highest BCUT2D eigenvalue weighted by Gasteiger charge is 2.20. The highest BCUT2D eigenvalue weighted by atomic mass is 32.2. The molecule has 0 radical (unpaired) electrons. The van der Waals surface area contributed by atoms with Gasteiger partial charge in [0.15, 0.2) is 0 Å². The highest BCUT2D eigenvalue weighted by Crippen LogP contribution is 2.25. The Morgan fingerprint density at radius 2 is 1.58 bits per heavy atom. The van der Waals surface area contributed by atoms with Gasteiger partial charge in [-0.1, -0.05) is 22.7 Å². The lowest BCUT2D eigenvalue weighted by atomic mass is 10.2. The average Bonchev–Trinajstić information content (AvgIpc) is 2.97. The molecule has 4 nitrogen and oxygen atoms in total. The quantitative estimate of drug-likeness (QED) is 0.257. The number of halogens is 4. The molecule has 0 aliphatic carbocycles. The fourth-order valence-corrected chi connectivity index (χ4v) is 4.26. The number of nitro groups is 1. The van der Waals surface area contributed by atoms with Gasteiger partial charge in [-0.15, -0.1) is 0 Å². The van der Waals surface area contributed by atoms with E-state index in [2.05, 4.69) is 23.8 Å². The topological polar surface area (TPSA) is 46.1 Å². The van der Waals surface area contributed by atoms with Gasteiger partial charge in [-0.05, 0) is 31.5 Å². The molecule has 0 fully saturated rings. The van der Waals surface area contributed by atoms with Gasteiger partial charge >= 0.3 is 11.2 Å². The maximum atomic E-state index is 10.6. The SMILES string of the molecule is CC[N+](CC)=c1scc(-c2ccc([N+](=O)[O-])cc2)s1.F[B-](F)(F)F. The average molecular weight is 382 g/mol. The van der Waals surface area contributed by atoms with Crippen molar-refractivity contribution < 1.29 is 22.2 Å². The van der Waals surface area contributed by atoms with Gasteiger partial charge in [0.2, 0.25) is 0 Å². The van der Waals surface area contributed by atoms with Crippen LogP contribution in [0.25, 0.3) is 10.4 Å². The van der Waals surface area contributed by atoms with Crippen molar-refractivity contribution in [1.82, 2.24) is 4.58 Å². The Kier molecular flexibility index (Phi) is 7.55. The second kappa shape index (κ2) is 8.93. The number of hydrogen-bond acceptors (Lipinski definition) is 4. The second-order valence-electron chi connectivity index (χ2n) is 4.44. The lowest BCUT2D eigenvalue weighted by Crippen LogP contribution is -2.25. The van der Waals surface area contributed by atoms with Crippen LogP contribution in [-0.2, 0) is 0 Å². The normalized spacial score (nSPS) is 10.8. The monoisotopic (exact) mass is 382 g/mol. The van der Waals surface area contributed by atoms with E-state index in [0.717, 1.165) is 23.5 Å². The first-order valence-corrected chi connectivity index (χ1v) is 8.64. The van der Waals surface area contributed by atoms with Gasteiger partial charge in [0, 0.05) is 17.5 Å². The van der Waals surface area contributed by atoms with Crippen LogP contribution in [0.3, 0.4) is 0 Å². The van der Waals surface area contributed by atoms with Crippen LogP contribution in [0.1, 0.15) is 13.8 Å². The first kappa shape index (κ1) is 20.3. The third-order valence-electron chi connectivity index (χ3n) is 2.85. The number of benzene rings is 1. The van der Waals surface area contributed by atoms with Gasteiger partial charge < -0.3 is 17.3 Å². The fourth-order valence-electron chi connectivity index (χ4n) is 1.74. The molecule has 0 saturated heterocycles. The molecule has 0 unspecified atom stereocenters. The summed E-state index contributed by atoms with van der Waals surface area (Å²) in [6.45, 7) is 6.27. The molecule has 0 aliphatic heterocycles. The van der Waals surface area contributed by atoms with Crippen molar-refractivity contribution in [2.75, 3.05) is 13.1 Å². The molecule has 1 aromatic carbocycles. The van der Waals surface area contributed by atoms with Crippen molar-refractivity contribution >= 4 is 35.6 Å². The van der Waals surface area contributed by atoms with Crippen LogP contribution in [0.4, 0.5) is 23.0 Å². The molecule has 0 atom stereocenters. The van der Waals surface area contributed by atoms with E-state index < -0.39 is 7.25 Å². The first-order valence-electron chi connectivity index (χ1n) is 6.94. The van der Waals surface area contributed by atoms with Crippen LogP contribution >= 0.6 is 22.7 Å². The summed E-state index contributed by atoms with van der Waals surface area (Å²) >= 11 is 3.45. The Hall–Kier alpha value is -1.75. The van der Waals surface area contributed by atoms with E-state index in [0.29, 0.717) is 0 Å². The predicted octanol–water partition coefficient (Wildman–Crippen LogP) is 4.50. The smallest absolute Gasteiger partial charge is 0.418 e. The molecule has 11 heteroatoms. The van der Waals surface area contributed by atoms with E-state index in [9.17, 15) is 27.4 Å². The van der Waals surface area contributed by atoms with Gasteiger partial charge in [0.05, 0.1) is 9.80 Å². The summed E-state index contributed by atoms with van der Waals surface area (Å²) in [4.78, 5) is 11.4. The van der Waals surface area contributed by atoms with Gasteiger partial charge in [-0.25, -0.2) is 4.58 Å². The summed E-state index contributed by atoms with van der Waals surface area (Å²) in [7, 11) is -6.00. The minimum Gasteiger partial charge on any atom is -0.418 e. The van der Waals surface area contributed by atoms with Crippen molar-refractivity contribution in [2.45, 2.75) is 13.8 Å². The lowest BCUT2D eigenvalue weighted by molar-refractivity contribution is -0.384. The molecule has 0 spiro atoms. The van der Waals surface area contributed by atoms with Crippen LogP contribution in [0.5, 0.6) is 0 Å². The first-order chi connectivity index (χ1) is 11.2. The van der Waals surface area contributed by atoms with Crippen LogP contribution < -0.4 is 8.56 Å². The van der Waals surface area contributed by atoms with Gasteiger partial charge in [-0.3, -0.25) is 10.1 Å². The van der Waals surface area contributed by atoms with E-state index in [1.165, 1.54) is 3.98 Å². The van der Waals surface area contributed by atoms with E-state index >= 15 is 0 Å². The molecule has 0 amide bonds. The molecule has 0 aliphatic rings. The summed E-state index contributed by atoms with van der Waals surface area (Å²) < 4.78 is 42.6. The van der Waals surface area contributed by atoms with Gasteiger partial charge in [-0.2, -0.15) is 0 Å². The minimum atomic E-state index is -6.00. The number of rotatable bonds is 4. The Morgan fingerprint density at radius 1 is 1.08 bits per heavy atom. The van der Waals surface area contributed by atoms with E-state index in [1.807, 2.05) is 12.1 Å². The van der Waals surface area contributed by atoms with Crippen molar-refractivity contribution in [2.24, 2.45) is 0 Å². The molecule has 0 saturated carbocycles. The summed E-state index contributed by atoms with van der Waals surface area (Å²) in [6.07, 6.45) is 0. The predicted molar refractivity (Wildman–Crippen MR) is 90.8 cm³/mol. The van der Waals surface area contributed by atoms with Crippen LogP contribution in [-0.4, -0.2) is 25.3 Å². The molecule has 0 bridgehead atoms. The molecule has 24 heavy (non-hydrogen) atoms. The largest absolute Gasteiger partial charge is 0.673 e. The van der Waals surface area contributed by atoms with Crippen LogP contribution in [0, 0.1) is 10.1 Å². The lowest BCUT2D eigenvalue weighted by Gasteiger charge is -1.95. The third kappa shape index (κ3) is 6.79. The van der Waals surface area contributed by atoms with Crippen LogP contribution in [0.15, 0.2) is 29.6 Å². The summed E-state index contributed by atoms with van der Waals surface area (Å²) in [6, 6.07) is 6.72.